The summed E-state index contributed by atoms with van der Waals surface area (Å²) in [6.07, 6.45) is 0.696. The Morgan fingerprint density at radius 2 is 2.07 bits per heavy atom. The molecule has 1 saturated heterocycles. The molecule has 2 rings (SSSR count). The van der Waals surface area contributed by atoms with Crippen LogP contribution < -0.4 is 4.74 Å². The van der Waals surface area contributed by atoms with Gasteiger partial charge in [-0.2, -0.15) is 0 Å². The standard InChI is InChI=1S/C12H16O3/c1-12(9-15-12)8-14-11-4-2-10(3-5-11)6-7-13/h2-5,13H,6-9H2,1H3. The van der Waals surface area contributed by atoms with E-state index in [1.54, 1.807) is 0 Å². The zero-order valence-corrected chi connectivity index (χ0v) is 8.90. The van der Waals surface area contributed by atoms with Crippen LogP contribution in [0.15, 0.2) is 24.3 Å². The van der Waals surface area contributed by atoms with Gasteiger partial charge >= 0.3 is 0 Å². The lowest BCUT2D eigenvalue weighted by atomic mass is 10.1. The van der Waals surface area contributed by atoms with Gasteiger partial charge in [-0.3, -0.25) is 0 Å². The molecule has 1 aromatic carbocycles. The second-order valence-corrected chi connectivity index (χ2v) is 4.14. The first-order valence-corrected chi connectivity index (χ1v) is 5.18. The van der Waals surface area contributed by atoms with Crippen LogP contribution in [0.3, 0.4) is 0 Å². The van der Waals surface area contributed by atoms with Crippen molar-refractivity contribution in [3.05, 3.63) is 29.8 Å². The van der Waals surface area contributed by atoms with Crippen LogP contribution >= 0.6 is 0 Å². The van der Waals surface area contributed by atoms with Crippen LogP contribution in [-0.2, 0) is 11.2 Å². The topological polar surface area (TPSA) is 42.0 Å². The Balaban J connectivity index is 1.86. The average molecular weight is 208 g/mol. The molecule has 0 radical (unpaired) electrons. The highest BCUT2D eigenvalue weighted by atomic mass is 16.6. The van der Waals surface area contributed by atoms with Gasteiger partial charge in [0.15, 0.2) is 0 Å². The molecular weight excluding hydrogens is 192 g/mol. The lowest BCUT2D eigenvalue weighted by Crippen LogP contribution is -2.16. The SMILES string of the molecule is CC1(COc2ccc(CCO)cc2)CO1. The maximum Gasteiger partial charge on any atom is 0.123 e. The molecule has 1 N–H and O–H groups in total. The zero-order chi connectivity index (χ0) is 10.7. The number of aliphatic hydroxyl groups excluding tert-OH is 1. The van der Waals surface area contributed by atoms with Crippen LogP contribution in [0.1, 0.15) is 12.5 Å². The van der Waals surface area contributed by atoms with Crippen molar-refractivity contribution in [2.24, 2.45) is 0 Å². The molecule has 0 aromatic heterocycles. The summed E-state index contributed by atoms with van der Waals surface area (Å²) in [5, 5.41) is 8.76. The molecule has 15 heavy (non-hydrogen) atoms. The summed E-state index contributed by atoms with van der Waals surface area (Å²) in [5.41, 5.74) is 1.06. The van der Waals surface area contributed by atoms with Gasteiger partial charge in [0.25, 0.3) is 0 Å². The van der Waals surface area contributed by atoms with Crippen LogP contribution in [0.5, 0.6) is 5.75 Å². The van der Waals surface area contributed by atoms with Crippen molar-refractivity contribution in [1.29, 1.82) is 0 Å². The van der Waals surface area contributed by atoms with Gasteiger partial charge in [0.2, 0.25) is 0 Å². The van der Waals surface area contributed by atoms with E-state index in [0.29, 0.717) is 13.0 Å². The number of ether oxygens (including phenoxy) is 2. The van der Waals surface area contributed by atoms with E-state index in [1.807, 2.05) is 31.2 Å². The van der Waals surface area contributed by atoms with E-state index in [4.69, 9.17) is 14.6 Å². The minimum Gasteiger partial charge on any atom is -0.491 e. The second-order valence-electron chi connectivity index (χ2n) is 4.14. The van der Waals surface area contributed by atoms with E-state index >= 15 is 0 Å². The van der Waals surface area contributed by atoms with Crippen LogP contribution in [0.4, 0.5) is 0 Å². The molecule has 0 saturated carbocycles. The van der Waals surface area contributed by atoms with Crippen molar-refractivity contribution in [3.8, 4) is 5.75 Å². The van der Waals surface area contributed by atoms with Crippen LogP contribution in [0.2, 0.25) is 0 Å². The van der Waals surface area contributed by atoms with Gasteiger partial charge in [-0.15, -0.1) is 0 Å². The molecule has 1 aliphatic heterocycles. The third-order valence-corrected chi connectivity index (χ3v) is 2.51. The van der Waals surface area contributed by atoms with E-state index < -0.39 is 0 Å². The van der Waals surface area contributed by atoms with Gasteiger partial charge in [0.05, 0.1) is 6.61 Å². The van der Waals surface area contributed by atoms with E-state index in [9.17, 15) is 0 Å². The first-order chi connectivity index (χ1) is 7.22. The number of benzene rings is 1. The molecule has 3 heteroatoms. The summed E-state index contributed by atoms with van der Waals surface area (Å²) in [4.78, 5) is 0. The van der Waals surface area contributed by atoms with Crippen LogP contribution in [0.25, 0.3) is 0 Å². The van der Waals surface area contributed by atoms with E-state index in [-0.39, 0.29) is 12.2 Å². The fraction of sp³-hybridized carbons (Fsp3) is 0.500. The highest BCUT2D eigenvalue weighted by molar-refractivity contribution is 5.27. The Morgan fingerprint density at radius 3 is 2.60 bits per heavy atom. The highest BCUT2D eigenvalue weighted by Gasteiger charge is 2.40. The van der Waals surface area contributed by atoms with Gasteiger partial charge in [0.1, 0.15) is 18.0 Å². The van der Waals surface area contributed by atoms with Gasteiger partial charge in [-0.25, -0.2) is 0 Å². The van der Waals surface area contributed by atoms with E-state index in [2.05, 4.69) is 0 Å². The molecule has 0 aliphatic carbocycles. The largest absolute Gasteiger partial charge is 0.491 e. The first kappa shape index (κ1) is 10.5. The van der Waals surface area contributed by atoms with Crippen LogP contribution in [-0.4, -0.2) is 30.5 Å². The number of hydrogen-bond donors (Lipinski definition) is 1. The first-order valence-electron chi connectivity index (χ1n) is 5.18. The average Bonchev–Trinajstić information content (AvgIpc) is 2.97. The molecule has 82 valence electrons. The molecule has 1 atom stereocenters. The smallest absolute Gasteiger partial charge is 0.123 e. The van der Waals surface area contributed by atoms with Gasteiger partial charge in [-0.05, 0) is 31.0 Å². The zero-order valence-electron chi connectivity index (χ0n) is 8.90. The highest BCUT2D eigenvalue weighted by Crippen LogP contribution is 2.26. The molecule has 1 heterocycles. The molecule has 3 nitrogen and oxygen atoms in total. The maximum atomic E-state index is 8.76. The van der Waals surface area contributed by atoms with Crippen molar-refractivity contribution >= 4 is 0 Å². The predicted molar refractivity (Wildman–Crippen MR) is 57.1 cm³/mol. The van der Waals surface area contributed by atoms with Crippen LogP contribution in [0, 0.1) is 0 Å². The van der Waals surface area contributed by atoms with Gasteiger partial charge in [0, 0.05) is 6.61 Å². The van der Waals surface area contributed by atoms with Crippen molar-refractivity contribution in [2.75, 3.05) is 19.8 Å². The third-order valence-electron chi connectivity index (χ3n) is 2.51. The fourth-order valence-electron chi connectivity index (χ4n) is 1.32. The maximum absolute atomic E-state index is 8.76. The van der Waals surface area contributed by atoms with Crippen molar-refractivity contribution in [2.45, 2.75) is 18.9 Å². The summed E-state index contributed by atoms with van der Waals surface area (Å²) < 4.78 is 10.8. The molecule has 0 amide bonds. The van der Waals surface area contributed by atoms with Gasteiger partial charge in [-0.1, -0.05) is 12.1 Å². The van der Waals surface area contributed by atoms with E-state index in [1.165, 1.54) is 0 Å². The fourth-order valence-corrected chi connectivity index (χ4v) is 1.32. The second kappa shape index (κ2) is 4.21. The van der Waals surface area contributed by atoms with E-state index in [0.717, 1.165) is 17.9 Å². The number of rotatable bonds is 5. The van der Waals surface area contributed by atoms with Crippen molar-refractivity contribution in [1.82, 2.24) is 0 Å². The third kappa shape index (κ3) is 2.94. The quantitative estimate of drug-likeness (QED) is 0.743. The predicted octanol–water partition coefficient (Wildman–Crippen LogP) is 1.39. The molecule has 1 aromatic rings. The molecule has 1 aliphatic rings. The monoisotopic (exact) mass is 208 g/mol. The molecule has 0 spiro atoms. The molecular formula is C12H16O3. The van der Waals surface area contributed by atoms with Gasteiger partial charge < -0.3 is 14.6 Å². The Bertz CT molecular complexity index is 314. The van der Waals surface area contributed by atoms with Crippen molar-refractivity contribution < 1.29 is 14.6 Å². The minimum absolute atomic E-state index is 0.0657. The lowest BCUT2D eigenvalue weighted by molar-refractivity contribution is 0.202. The number of epoxide rings is 1. The summed E-state index contributed by atoms with van der Waals surface area (Å²) in [5.74, 6) is 0.855. The Kier molecular flexibility index (Phi) is 2.93. The normalized spacial score (nSPS) is 23.9. The number of hydrogen-bond acceptors (Lipinski definition) is 3. The summed E-state index contributed by atoms with van der Waals surface area (Å²) in [6.45, 7) is 3.61. The Hall–Kier alpha value is -1.06. The summed E-state index contributed by atoms with van der Waals surface area (Å²) >= 11 is 0. The Labute approximate surface area is 89.6 Å². The summed E-state index contributed by atoms with van der Waals surface area (Å²) in [7, 11) is 0. The van der Waals surface area contributed by atoms with Crippen molar-refractivity contribution in [3.63, 3.8) is 0 Å². The number of aliphatic hydroxyl groups is 1. The molecule has 0 bridgehead atoms. The molecule has 1 fully saturated rings. The minimum atomic E-state index is -0.0657. The summed E-state index contributed by atoms with van der Waals surface area (Å²) in [6, 6.07) is 7.80. The lowest BCUT2D eigenvalue weighted by Gasteiger charge is -2.09. The Morgan fingerprint density at radius 1 is 1.40 bits per heavy atom. The molecule has 1 unspecified atom stereocenters.